The Morgan fingerprint density at radius 1 is 1.35 bits per heavy atom. The molecule has 20 heavy (non-hydrogen) atoms. The van der Waals surface area contributed by atoms with E-state index in [1.54, 1.807) is 7.05 Å². The van der Waals surface area contributed by atoms with Crippen LogP contribution in [-0.4, -0.2) is 22.8 Å². The zero-order valence-corrected chi connectivity index (χ0v) is 11.7. The maximum absolute atomic E-state index is 12.5. The SMILES string of the molecule is COc1c(C(=O)O)sc2c1c(=O)n(C)c1ccccc21. The third kappa shape index (κ3) is 1.55. The molecule has 2 heterocycles. The smallest absolute Gasteiger partial charge is 0.349 e. The first-order valence-corrected chi connectivity index (χ1v) is 6.69. The maximum Gasteiger partial charge on any atom is 0.349 e. The van der Waals surface area contributed by atoms with Gasteiger partial charge >= 0.3 is 5.97 Å². The summed E-state index contributed by atoms with van der Waals surface area (Å²) < 4.78 is 7.32. The van der Waals surface area contributed by atoms with E-state index in [1.807, 2.05) is 24.3 Å². The number of aromatic carboxylic acids is 1. The monoisotopic (exact) mass is 289 g/mol. The molecule has 0 aliphatic carbocycles. The van der Waals surface area contributed by atoms with Crippen LogP contribution >= 0.6 is 11.3 Å². The number of pyridine rings is 1. The topological polar surface area (TPSA) is 68.5 Å². The van der Waals surface area contributed by atoms with E-state index in [0.717, 1.165) is 22.2 Å². The summed E-state index contributed by atoms with van der Waals surface area (Å²) in [7, 11) is 3.05. The van der Waals surface area contributed by atoms with Crippen LogP contribution in [0.25, 0.3) is 21.0 Å². The Morgan fingerprint density at radius 3 is 2.70 bits per heavy atom. The normalized spacial score (nSPS) is 11.1. The van der Waals surface area contributed by atoms with Gasteiger partial charge in [-0.25, -0.2) is 4.79 Å². The molecule has 6 heteroatoms. The van der Waals surface area contributed by atoms with Gasteiger partial charge in [-0.1, -0.05) is 18.2 Å². The third-order valence-electron chi connectivity index (χ3n) is 3.29. The number of carboxylic acids is 1. The fourth-order valence-electron chi connectivity index (χ4n) is 2.37. The number of benzene rings is 1. The van der Waals surface area contributed by atoms with Crippen molar-refractivity contribution in [3.63, 3.8) is 0 Å². The minimum Gasteiger partial charge on any atom is -0.494 e. The number of carbonyl (C=O) groups is 1. The molecule has 1 aromatic carbocycles. The van der Waals surface area contributed by atoms with Crippen LogP contribution in [0.5, 0.6) is 5.75 Å². The van der Waals surface area contributed by atoms with Crippen LogP contribution in [0.15, 0.2) is 29.1 Å². The number of aryl methyl sites for hydroxylation is 1. The molecule has 1 N–H and O–H groups in total. The van der Waals surface area contributed by atoms with Gasteiger partial charge in [-0.3, -0.25) is 4.79 Å². The van der Waals surface area contributed by atoms with Crippen molar-refractivity contribution in [1.82, 2.24) is 4.57 Å². The van der Waals surface area contributed by atoms with Crippen molar-refractivity contribution in [2.24, 2.45) is 7.05 Å². The van der Waals surface area contributed by atoms with Crippen LogP contribution in [0.4, 0.5) is 0 Å². The summed E-state index contributed by atoms with van der Waals surface area (Å²) in [6, 6.07) is 7.41. The standard InChI is InChI=1S/C14H11NO4S/c1-15-8-6-4-3-5-7(8)11-9(13(15)16)10(19-2)12(20-11)14(17)18/h3-6H,1-2H3,(H,17,18). The lowest BCUT2D eigenvalue weighted by atomic mass is 10.1. The number of methoxy groups -OCH3 is 1. The number of hydrogen-bond donors (Lipinski definition) is 1. The van der Waals surface area contributed by atoms with Gasteiger partial charge in [0.05, 0.1) is 17.3 Å². The molecule has 0 aliphatic rings. The molecule has 2 aromatic heterocycles. The zero-order valence-electron chi connectivity index (χ0n) is 10.8. The van der Waals surface area contributed by atoms with Crippen molar-refractivity contribution < 1.29 is 14.6 Å². The van der Waals surface area contributed by atoms with E-state index < -0.39 is 5.97 Å². The van der Waals surface area contributed by atoms with Crippen LogP contribution in [0.1, 0.15) is 9.67 Å². The number of hydrogen-bond acceptors (Lipinski definition) is 4. The summed E-state index contributed by atoms with van der Waals surface area (Å²) in [6.45, 7) is 0. The molecule has 0 spiro atoms. The average molecular weight is 289 g/mol. The summed E-state index contributed by atoms with van der Waals surface area (Å²) in [6.07, 6.45) is 0. The molecule has 3 rings (SSSR count). The quantitative estimate of drug-likeness (QED) is 0.787. The highest BCUT2D eigenvalue weighted by Gasteiger charge is 2.23. The predicted molar refractivity (Wildman–Crippen MR) is 78.1 cm³/mol. The number of para-hydroxylation sites is 1. The van der Waals surface area contributed by atoms with Crippen LogP contribution in [-0.2, 0) is 7.05 Å². The second-order valence-corrected chi connectivity index (χ2v) is 5.38. The van der Waals surface area contributed by atoms with E-state index in [0.29, 0.717) is 10.1 Å². The van der Waals surface area contributed by atoms with Crippen LogP contribution < -0.4 is 10.3 Å². The van der Waals surface area contributed by atoms with Crippen molar-refractivity contribution in [3.05, 3.63) is 39.5 Å². The molecule has 0 saturated carbocycles. The number of rotatable bonds is 2. The average Bonchev–Trinajstić information content (AvgIpc) is 2.84. The fraction of sp³-hybridized carbons (Fsp3) is 0.143. The zero-order chi connectivity index (χ0) is 14.4. The van der Waals surface area contributed by atoms with Crippen molar-refractivity contribution in [3.8, 4) is 5.75 Å². The second kappa shape index (κ2) is 4.35. The Balaban J connectivity index is 2.65. The maximum atomic E-state index is 12.5. The molecular weight excluding hydrogens is 278 g/mol. The van der Waals surface area contributed by atoms with Gasteiger partial charge in [-0.05, 0) is 6.07 Å². The molecule has 3 aromatic rings. The summed E-state index contributed by atoms with van der Waals surface area (Å²) in [5, 5.41) is 10.4. The Morgan fingerprint density at radius 2 is 2.05 bits per heavy atom. The number of aromatic nitrogens is 1. The lowest BCUT2D eigenvalue weighted by Gasteiger charge is -2.06. The highest BCUT2D eigenvalue weighted by Crippen LogP contribution is 2.39. The van der Waals surface area contributed by atoms with Crippen LogP contribution in [0.3, 0.4) is 0 Å². The summed E-state index contributed by atoms with van der Waals surface area (Å²) >= 11 is 1.07. The molecule has 0 bridgehead atoms. The molecule has 0 radical (unpaired) electrons. The van der Waals surface area contributed by atoms with E-state index in [2.05, 4.69) is 0 Å². The van der Waals surface area contributed by atoms with E-state index in [1.165, 1.54) is 11.7 Å². The molecule has 5 nitrogen and oxygen atoms in total. The van der Waals surface area contributed by atoms with E-state index >= 15 is 0 Å². The third-order valence-corrected chi connectivity index (χ3v) is 4.48. The Hall–Kier alpha value is -2.34. The molecule has 0 unspecified atom stereocenters. The fourth-order valence-corrected chi connectivity index (χ4v) is 3.50. The van der Waals surface area contributed by atoms with Gasteiger partial charge in [0.15, 0.2) is 10.6 Å². The number of fused-ring (bicyclic) bond motifs is 3. The Kier molecular flexibility index (Phi) is 2.76. The summed E-state index contributed by atoms with van der Waals surface area (Å²) in [4.78, 5) is 23.8. The molecule has 0 aliphatic heterocycles. The van der Waals surface area contributed by atoms with E-state index in [-0.39, 0.29) is 16.2 Å². The van der Waals surface area contributed by atoms with Crippen LogP contribution in [0, 0.1) is 0 Å². The molecular formula is C14H11NO4S. The summed E-state index contributed by atoms with van der Waals surface area (Å²) in [5.74, 6) is -0.946. The first kappa shape index (κ1) is 12.7. The van der Waals surface area contributed by atoms with Gasteiger partial charge in [-0.15, -0.1) is 11.3 Å². The number of nitrogens with zero attached hydrogens (tertiary/aromatic N) is 1. The molecule has 0 atom stereocenters. The summed E-state index contributed by atoms with van der Waals surface area (Å²) in [5.41, 5.74) is 0.519. The lowest BCUT2D eigenvalue weighted by Crippen LogP contribution is -2.17. The molecule has 102 valence electrons. The van der Waals surface area contributed by atoms with Gasteiger partial charge in [0.25, 0.3) is 5.56 Å². The van der Waals surface area contributed by atoms with Gasteiger partial charge in [0.2, 0.25) is 0 Å². The highest BCUT2D eigenvalue weighted by atomic mass is 32.1. The van der Waals surface area contributed by atoms with Crippen LogP contribution in [0.2, 0.25) is 0 Å². The largest absolute Gasteiger partial charge is 0.494 e. The predicted octanol–water partition coefficient (Wildman–Crippen LogP) is 2.46. The molecule has 0 amide bonds. The number of ether oxygens (including phenoxy) is 1. The first-order chi connectivity index (χ1) is 9.56. The molecule has 0 fully saturated rings. The van der Waals surface area contributed by atoms with Gasteiger partial charge in [-0.2, -0.15) is 0 Å². The van der Waals surface area contributed by atoms with Crippen molar-refractivity contribution in [2.45, 2.75) is 0 Å². The molecule has 0 saturated heterocycles. The van der Waals surface area contributed by atoms with Gasteiger partial charge in [0.1, 0.15) is 5.39 Å². The number of carboxylic acid groups (broad SMARTS) is 1. The van der Waals surface area contributed by atoms with E-state index in [9.17, 15) is 14.7 Å². The highest BCUT2D eigenvalue weighted by molar-refractivity contribution is 7.22. The van der Waals surface area contributed by atoms with Crippen molar-refractivity contribution >= 4 is 38.3 Å². The lowest BCUT2D eigenvalue weighted by molar-refractivity contribution is 0.0699. The van der Waals surface area contributed by atoms with E-state index in [4.69, 9.17) is 4.74 Å². The number of thiophene rings is 1. The Labute approximate surface area is 117 Å². The van der Waals surface area contributed by atoms with Gasteiger partial charge < -0.3 is 14.4 Å². The van der Waals surface area contributed by atoms with Crippen molar-refractivity contribution in [2.75, 3.05) is 7.11 Å². The minimum atomic E-state index is -1.09. The minimum absolute atomic E-state index is 0.0518. The van der Waals surface area contributed by atoms with Crippen molar-refractivity contribution in [1.29, 1.82) is 0 Å². The first-order valence-electron chi connectivity index (χ1n) is 5.87. The van der Waals surface area contributed by atoms with Gasteiger partial charge in [0, 0.05) is 12.4 Å². The second-order valence-electron chi connectivity index (χ2n) is 4.36. The Bertz CT molecular complexity index is 907.